The van der Waals surface area contributed by atoms with Gasteiger partial charge in [-0.15, -0.1) is 0 Å². The fraction of sp³-hybridized carbons (Fsp3) is 0.471. The number of rotatable bonds is 3. The van der Waals surface area contributed by atoms with Gasteiger partial charge in [-0.1, -0.05) is 6.07 Å². The molecule has 2 fully saturated rings. The van der Waals surface area contributed by atoms with Crippen molar-refractivity contribution in [2.75, 3.05) is 13.7 Å². The third kappa shape index (κ3) is 1.93. The summed E-state index contributed by atoms with van der Waals surface area (Å²) in [6.45, 7) is -0.429. The van der Waals surface area contributed by atoms with Gasteiger partial charge in [-0.3, -0.25) is 19.3 Å². The quantitative estimate of drug-likeness (QED) is 0.631. The zero-order valence-electron chi connectivity index (χ0n) is 12.7. The number of hydrogen-bond donors (Lipinski definition) is 0. The van der Waals surface area contributed by atoms with Crippen LogP contribution in [0.1, 0.15) is 53.1 Å². The Morgan fingerprint density at radius 3 is 2.61 bits per heavy atom. The lowest BCUT2D eigenvalue weighted by Crippen LogP contribution is -2.51. The number of carbonyl (C=O) groups is 3. The molecule has 120 valence electrons. The van der Waals surface area contributed by atoms with E-state index in [0.29, 0.717) is 18.4 Å². The van der Waals surface area contributed by atoms with Gasteiger partial charge in [0, 0.05) is 11.1 Å². The summed E-state index contributed by atoms with van der Waals surface area (Å²) in [5.41, 5.74) is 0.0923. The molecule has 5 nitrogen and oxygen atoms in total. The molecule has 0 bridgehead atoms. The van der Waals surface area contributed by atoms with E-state index in [1.165, 1.54) is 7.11 Å². The lowest BCUT2D eigenvalue weighted by molar-refractivity contribution is -0.146. The molecule has 0 saturated heterocycles. The minimum atomic E-state index is -0.966. The minimum Gasteiger partial charge on any atom is -0.468 e. The standard InChI is InChI=1S/C17H16FNO4/c1-23-12(20)8-19-15(21)11-5-4-10(9-2-3-9)14(18)13(11)17(6-7-17)16(19)22/h4-5,9H,2-3,6-8H2,1H3. The van der Waals surface area contributed by atoms with E-state index >= 15 is 0 Å². The second-order valence-corrected chi connectivity index (χ2v) is 6.52. The van der Waals surface area contributed by atoms with E-state index < -0.39 is 35.6 Å². The van der Waals surface area contributed by atoms with Crippen LogP contribution in [0.3, 0.4) is 0 Å². The van der Waals surface area contributed by atoms with E-state index in [9.17, 15) is 18.8 Å². The molecule has 2 aliphatic carbocycles. The molecular formula is C17H16FNO4. The van der Waals surface area contributed by atoms with Crippen LogP contribution in [-0.2, 0) is 19.7 Å². The van der Waals surface area contributed by atoms with Crippen LogP contribution in [-0.4, -0.2) is 36.3 Å². The zero-order valence-corrected chi connectivity index (χ0v) is 12.7. The van der Waals surface area contributed by atoms with Crippen molar-refractivity contribution in [1.29, 1.82) is 0 Å². The third-order valence-electron chi connectivity index (χ3n) is 5.06. The number of methoxy groups -OCH3 is 1. The Kier molecular flexibility index (Phi) is 2.89. The summed E-state index contributed by atoms with van der Waals surface area (Å²) in [6.07, 6.45) is 2.90. The normalized spacial score (nSPS) is 21.4. The molecule has 0 atom stereocenters. The highest BCUT2D eigenvalue weighted by atomic mass is 19.1. The fourth-order valence-corrected chi connectivity index (χ4v) is 3.48. The number of nitrogens with zero attached hydrogens (tertiary/aromatic N) is 1. The number of imide groups is 1. The number of amides is 2. The third-order valence-corrected chi connectivity index (χ3v) is 5.06. The lowest BCUT2D eigenvalue weighted by Gasteiger charge is -2.32. The van der Waals surface area contributed by atoms with E-state index in [1.807, 2.05) is 0 Å². The molecule has 1 aromatic rings. The molecule has 1 aromatic carbocycles. The van der Waals surface area contributed by atoms with Gasteiger partial charge in [0.15, 0.2) is 0 Å². The summed E-state index contributed by atoms with van der Waals surface area (Å²) in [6, 6.07) is 3.25. The molecule has 6 heteroatoms. The smallest absolute Gasteiger partial charge is 0.325 e. The lowest BCUT2D eigenvalue weighted by atomic mass is 9.83. The van der Waals surface area contributed by atoms with Crippen LogP contribution >= 0.6 is 0 Å². The van der Waals surface area contributed by atoms with Crippen molar-refractivity contribution in [2.24, 2.45) is 0 Å². The van der Waals surface area contributed by atoms with Gasteiger partial charge in [-0.2, -0.15) is 0 Å². The van der Waals surface area contributed by atoms with Crippen molar-refractivity contribution in [3.8, 4) is 0 Å². The Hall–Kier alpha value is -2.24. The number of benzene rings is 1. The minimum absolute atomic E-state index is 0.202. The van der Waals surface area contributed by atoms with Crippen molar-refractivity contribution in [2.45, 2.75) is 37.0 Å². The molecule has 3 aliphatic rings. The van der Waals surface area contributed by atoms with Gasteiger partial charge in [0.05, 0.1) is 12.5 Å². The van der Waals surface area contributed by atoms with Gasteiger partial charge in [0.25, 0.3) is 5.91 Å². The van der Waals surface area contributed by atoms with Crippen LogP contribution < -0.4 is 0 Å². The molecule has 23 heavy (non-hydrogen) atoms. The average molecular weight is 317 g/mol. The van der Waals surface area contributed by atoms with Crippen molar-refractivity contribution in [3.05, 3.63) is 34.6 Å². The molecule has 4 rings (SSSR count). The van der Waals surface area contributed by atoms with Gasteiger partial charge >= 0.3 is 5.97 Å². The van der Waals surface area contributed by atoms with Crippen LogP contribution in [0, 0.1) is 5.82 Å². The number of fused-ring (bicyclic) bond motifs is 2. The number of carbonyl (C=O) groups excluding carboxylic acids is 3. The van der Waals surface area contributed by atoms with Gasteiger partial charge < -0.3 is 4.74 Å². The Labute approximate surface area is 132 Å². The first-order valence-corrected chi connectivity index (χ1v) is 7.75. The summed E-state index contributed by atoms with van der Waals surface area (Å²) in [5.74, 6) is -1.96. The van der Waals surface area contributed by atoms with Gasteiger partial charge in [0.1, 0.15) is 12.4 Å². The topological polar surface area (TPSA) is 63.7 Å². The second kappa shape index (κ2) is 4.63. The highest BCUT2D eigenvalue weighted by molar-refractivity contribution is 6.15. The highest BCUT2D eigenvalue weighted by Crippen LogP contribution is 2.55. The summed E-state index contributed by atoms with van der Waals surface area (Å²) in [5, 5.41) is 0. The Bertz CT molecular complexity index is 749. The Morgan fingerprint density at radius 2 is 2.04 bits per heavy atom. The molecule has 2 amide bonds. The predicted octanol–water partition coefficient (Wildman–Crippen LogP) is 1.89. The van der Waals surface area contributed by atoms with E-state index in [4.69, 9.17) is 0 Å². The molecule has 0 radical (unpaired) electrons. The first-order chi connectivity index (χ1) is 11.0. The number of hydrogen-bond acceptors (Lipinski definition) is 4. The van der Waals surface area contributed by atoms with Gasteiger partial charge in [0.2, 0.25) is 5.91 Å². The van der Waals surface area contributed by atoms with Crippen LogP contribution in [0.15, 0.2) is 12.1 Å². The maximum Gasteiger partial charge on any atom is 0.325 e. The maximum absolute atomic E-state index is 15.0. The number of halogens is 1. The SMILES string of the molecule is COC(=O)CN1C(=O)c2ccc(C3CC3)c(F)c2C2(CC2)C1=O. The Balaban J connectivity index is 1.83. The maximum atomic E-state index is 15.0. The molecule has 2 saturated carbocycles. The van der Waals surface area contributed by atoms with E-state index in [2.05, 4.69) is 4.74 Å². The summed E-state index contributed by atoms with van der Waals surface area (Å²) in [4.78, 5) is 37.7. The highest BCUT2D eigenvalue weighted by Gasteiger charge is 2.60. The fourth-order valence-electron chi connectivity index (χ4n) is 3.48. The van der Waals surface area contributed by atoms with Crippen molar-refractivity contribution < 1.29 is 23.5 Å². The first kappa shape index (κ1) is 14.4. The number of ether oxygens (including phenoxy) is 1. The summed E-state index contributed by atoms with van der Waals surface area (Å²) < 4.78 is 19.5. The van der Waals surface area contributed by atoms with Crippen molar-refractivity contribution in [3.63, 3.8) is 0 Å². The Morgan fingerprint density at radius 1 is 1.35 bits per heavy atom. The average Bonchev–Trinajstić information content (AvgIpc) is 3.43. The van der Waals surface area contributed by atoms with Crippen molar-refractivity contribution >= 4 is 17.8 Å². The van der Waals surface area contributed by atoms with Gasteiger partial charge in [-0.05, 0) is 43.2 Å². The molecular weight excluding hydrogens is 301 g/mol. The zero-order chi connectivity index (χ0) is 16.4. The molecule has 0 unspecified atom stereocenters. The van der Waals surface area contributed by atoms with E-state index in [0.717, 1.165) is 17.7 Å². The predicted molar refractivity (Wildman–Crippen MR) is 77.3 cm³/mol. The van der Waals surface area contributed by atoms with Gasteiger partial charge in [-0.25, -0.2) is 4.39 Å². The van der Waals surface area contributed by atoms with Crippen LogP contribution in [0.2, 0.25) is 0 Å². The molecule has 1 aliphatic heterocycles. The molecule has 0 aromatic heterocycles. The molecule has 0 N–H and O–H groups in total. The van der Waals surface area contributed by atoms with E-state index in [1.54, 1.807) is 12.1 Å². The first-order valence-electron chi connectivity index (χ1n) is 7.75. The van der Waals surface area contributed by atoms with Crippen molar-refractivity contribution in [1.82, 2.24) is 4.90 Å². The number of esters is 1. The molecule has 1 spiro atoms. The molecule has 1 heterocycles. The van der Waals surface area contributed by atoms with E-state index in [-0.39, 0.29) is 17.0 Å². The summed E-state index contributed by atoms with van der Waals surface area (Å²) in [7, 11) is 1.20. The van der Waals surface area contributed by atoms with Crippen LogP contribution in [0.25, 0.3) is 0 Å². The monoisotopic (exact) mass is 317 g/mol. The summed E-state index contributed by atoms with van der Waals surface area (Å²) >= 11 is 0. The van der Waals surface area contributed by atoms with Crippen LogP contribution in [0.4, 0.5) is 4.39 Å². The second-order valence-electron chi connectivity index (χ2n) is 6.52. The largest absolute Gasteiger partial charge is 0.468 e. The van der Waals surface area contributed by atoms with Crippen LogP contribution in [0.5, 0.6) is 0 Å².